The molecule has 6 amide bonds. The molecule has 6 atom stereocenters. The number of aromatic nitrogens is 1. The van der Waals surface area contributed by atoms with Crippen molar-refractivity contribution in [1.82, 2.24) is 31.2 Å². The summed E-state index contributed by atoms with van der Waals surface area (Å²) in [7, 11) is 0. The molecule has 0 bridgehead atoms. The first kappa shape index (κ1) is 49.6. The largest absolute Gasteiger partial charge is 0.489 e. The Morgan fingerprint density at radius 1 is 0.921 bits per heavy atom. The Labute approximate surface area is 372 Å². The number of nitrogens with one attached hydrogen (secondary N) is 5. The number of β-amino-alcohol motifs (C(OH)–C–C–N with tert-alkyl or cyclic N) is 1. The van der Waals surface area contributed by atoms with Crippen LogP contribution in [0.4, 0.5) is 15.3 Å². The topological polar surface area (TPSA) is 227 Å². The van der Waals surface area contributed by atoms with Gasteiger partial charge in [-0.25, -0.2) is 14.6 Å². The van der Waals surface area contributed by atoms with Crippen LogP contribution in [-0.2, 0) is 35.3 Å². The number of ether oxygens (including phenoxy) is 3. The summed E-state index contributed by atoms with van der Waals surface area (Å²) in [5.41, 5.74) is 3.82. The summed E-state index contributed by atoms with van der Waals surface area (Å²) < 4.78 is 16.7. The molecule has 4 rings (SSSR count). The van der Waals surface area contributed by atoms with Gasteiger partial charge in [0.1, 0.15) is 48.7 Å². The SMILES string of the molecule is C=CCOC(=O)N[C@@H](C)C(=O)N[C@@H](C)C(=O)Nc1ccc(COc2cc(-c3scnc3C)ccc2[C@H](C)NC(=O)[C@@H]2C[C@@H](O)CN2C(=O)[C@@H](NC(=O)OC(C)(C)C)C(C)(C)C)cc1. The Morgan fingerprint density at radius 2 is 1.59 bits per heavy atom. The van der Waals surface area contributed by atoms with Gasteiger partial charge in [0.25, 0.3) is 0 Å². The van der Waals surface area contributed by atoms with E-state index in [0.717, 1.165) is 21.7 Å². The van der Waals surface area contributed by atoms with Crippen LogP contribution in [0.5, 0.6) is 5.75 Å². The van der Waals surface area contributed by atoms with E-state index in [4.69, 9.17) is 14.2 Å². The molecule has 2 heterocycles. The number of thiazole rings is 1. The third-order valence-corrected chi connectivity index (χ3v) is 10.9. The van der Waals surface area contributed by atoms with E-state index in [-0.39, 0.29) is 26.2 Å². The maximum absolute atomic E-state index is 14.1. The van der Waals surface area contributed by atoms with Crippen molar-refractivity contribution in [3.05, 3.63) is 77.5 Å². The molecular formula is C45H61N7O10S. The first-order valence-electron chi connectivity index (χ1n) is 20.7. The first-order chi connectivity index (χ1) is 29.5. The van der Waals surface area contributed by atoms with E-state index in [0.29, 0.717) is 17.0 Å². The van der Waals surface area contributed by atoms with Gasteiger partial charge in [0, 0.05) is 24.2 Å². The number of carbonyl (C=O) groups excluding carboxylic acids is 6. The van der Waals surface area contributed by atoms with Crippen LogP contribution in [0.3, 0.4) is 0 Å². The van der Waals surface area contributed by atoms with E-state index in [9.17, 15) is 33.9 Å². The molecule has 1 aromatic heterocycles. The molecular weight excluding hydrogens is 831 g/mol. The molecule has 0 unspecified atom stereocenters. The number of aliphatic hydroxyl groups excluding tert-OH is 1. The molecule has 1 saturated heterocycles. The number of rotatable bonds is 16. The van der Waals surface area contributed by atoms with Crippen molar-refractivity contribution in [2.24, 2.45) is 5.41 Å². The van der Waals surface area contributed by atoms with Gasteiger partial charge < -0.3 is 50.8 Å². The van der Waals surface area contributed by atoms with Gasteiger partial charge >= 0.3 is 12.2 Å². The molecule has 0 radical (unpaired) electrons. The van der Waals surface area contributed by atoms with Crippen molar-refractivity contribution in [3.63, 3.8) is 0 Å². The molecule has 17 nitrogen and oxygen atoms in total. The van der Waals surface area contributed by atoms with Crippen molar-refractivity contribution >= 4 is 52.8 Å². The normalized spacial score (nSPS) is 17.0. The van der Waals surface area contributed by atoms with Crippen LogP contribution in [0, 0.1) is 12.3 Å². The van der Waals surface area contributed by atoms with Gasteiger partial charge in [-0.2, -0.15) is 0 Å². The first-order valence-corrected chi connectivity index (χ1v) is 21.5. The summed E-state index contributed by atoms with van der Waals surface area (Å²) in [6, 6.07) is 8.08. The molecule has 1 aliphatic heterocycles. The zero-order valence-electron chi connectivity index (χ0n) is 37.6. The number of carbonyl (C=O) groups is 6. The highest BCUT2D eigenvalue weighted by Gasteiger charge is 2.45. The number of aryl methyl sites for hydroxylation is 1. The van der Waals surface area contributed by atoms with Crippen molar-refractivity contribution in [2.75, 3.05) is 18.5 Å². The summed E-state index contributed by atoms with van der Waals surface area (Å²) in [6.45, 7) is 20.7. The monoisotopic (exact) mass is 891 g/mol. The average molecular weight is 892 g/mol. The smallest absolute Gasteiger partial charge is 0.408 e. The van der Waals surface area contributed by atoms with Crippen LogP contribution >= 0.6 is 11.3 Å². The summed E-state index contributed by atoms with van der Waals surface area (Å²) >= 11 is 1.48. The van der Waals surface area contributed by atoms with E-state index >= 15 is 0 Å². The number of hydrogen-bond donors (Lipinski definition) is 6. The van der Waals surface area contributed by atoms with Crippen molar-refractivity contribution in [3.8, 4) is 16.2 Å². The number of alkyl carbamates (subject to hydrolysis) is 2. The number of anilines is 1. The fourth-order valence-corrected chi connectivity index (χ4v) is 7.39. The van der Waals surface area contributed by atoms with Crippen LogP contribution < -0.4 is 31.3 Å². The molecule has 6 N–H and O–H groups in total. The Hall–Kier alpha value is -6.01. The fraction of sp³-hybridized carbons (Fsp3) is 0.489. The fourth-order valence-electron chi connectivity index (χ4n) is 6.59. The Morgan fingerprint density at radius 3 is 2.19 bits per heavy atom. The zero-order chi connectivity index (χ0) is 46.8. The number of aliphatic hydroxyl groups is 1. The van der Waals surface area contributed by atoms with Gasteiger partial charge in [-0.05, 0) is 83.2 Å². The number of likely N-dealkylation sites (tertiary alicyclic amines) is 1. The molecule has 0 spiro atoms. The molecule has 0 aliphatic carbocycles. The predicted molar refractivity (Wildman–Crippen MR) is 239 cm³/mol. The van der Waals surface area contributed by atoms with Crippen molar-refractivity contribution in [2.45, 2.75) is 124 Å². The highest BCUT2D eigenvalue weighted by Crippen LogP contribution is 2.35. The second-order valence-electron chi connectivity index (χ2n) is 17.5. The van der Waals surface area contributed by atoms with E-state index in [1.165, 1.54) is 36.2 Å². The third kappa shape index (κ3) is 14.3. The second kappa shape index (κ2) is 21.4. The minimum atomic E-state index is -1.05. The van der Waals surface area contributed by atoms with E-state index < -0.39 is 83.1 Å². The van der Waals surface area contributed by atoms with Gasteiger partial charge in [-0.3, -0.25) is 19.2 Å². The quantitative estimate of drug-likeness (QED) is 0.0982. The van der Waals surface area contributed by atoms with Crippen LogP contribution in [-0.4, -0.2) is 99.8 Å². The number of amides is 6. The molecule has 1 fully saturated rings. The summed E-state index contributed by atoms with van der Waals surface area (Å²) in [4.78, 5) is 84.7. The lowest BCUT2D eigenvalue weighted by molar-refractivity contribution is -0.142. The number of nitrogens with zero attached hydrogens (tertiary/aromatic N) is 2. The standard InChI is InChI=1S/C45H61N7O10S/c1-12-19-60-42(58)49-28(5)38(54)48-27(4)39(55)50-31-16-13-29(14-17-31)23-61-35-20-30(36-26(3)46-24-63-36)15-18-33(35)25(2)47-40(56)34-21-32(53)22-52(34)41(57)37(44(6,7)8)51-43(59)62-45(9,10)11/h12-18,20,24-25,27-28,32,34,37,53H,1,19,21-23H2,2-11H3,(H,47,56)(H,48,54)(H,49,58)(H,50,55)(H,51,59)/t25-,27-,28-,32+,34-,37+/m0/s1. The van der Waals surface area contributed by atoms with Gasteiger partial charge in [0.15, 0.2) is 0 Å². The number of hydrogen-bond acceptors (Lipinski definition) is 12. The maximum atomic E-state index is 14.1. The molecule has 0 saturated carbocycles. The van der Waals surface area contributed by atoms with Gasteiger partial charge in [0.2, 0.25) is 23.6 Å². The van der Waals surface area contributed by atoms with E-state index in [1.54, 1.807) is 78.2 Å². The van der Waals surface area contributed by atoms with Crippen molar-refractivity contribution in [1.29, 1.82) is 0 Å². The van der Waals surface area contributed by atoms with Crippen LogP contribution in [0.1, 0.15) is 91.6 Å². The minimum Gasteiger partial charge on any atom is -0.489 e. The molecule has 3 aromatic rings. The van der Waals surface area contributed by atoms with Crippen LogP contribution in [0.2, 0.25) is 0 Å². The van der Waals surface area contributed by atoms with Gasteiger partial charge in [-0.15, -0.1) is 11.3 Å². The lowest BCUT2D eigenvalue weighted by Crippen LogP contribution is -2.58. The Balaban J connectivity index is 1.46. The maximum Gasteiger partial charge on any atom is 0.408 e. The predicted octanol–water partition coefficient (Wildman–Crippen LogP) is 5.52. The number of benzene rings is 2. The van der Waals surface area contributed by atoms with Crippen LogP contribution in [0.15, 0.2) is 60.6 Å². The van der Waals surface area contributed by atoms with E-state index in [1.807, 2.05) is 25.1 Å². The average Bonchev–Trinajstić information content (AvgIpc) is 3.82. The van der Waals surface area contributed by atoms with E-state index in [2.05, 4.69) is 38.1 Å². The minimum absolute atomic E-state index is 0.00985. The molecule has 2 aromatic carbocycles. The summed E-state index contributed by atoms with van der Waals surface area (Å²) in [6.07, 6.45) is -1.10. The Bertz CT molecular complexity index is 2130. The molecule has 18 heteroatoms. The highest BCUT2D eigenvalue weighted by atomic mass is 32.1. The lowest BCUT2D eigenvalue weighted by Gasteiger charge is -2.36. The molecule has 1 aliphatic rings. The Kier molecular flexibility index (Phi) is 16.8. The second-order valence-corrected chi connectivity index (χ2v) is 18.4. The van der Waals surface area contributed by atoms with Crippen LogP contribution in [0.25, 0.3) is 10.4 Å². The molecule has 63 heavy (non-hydrogen) atoms. The summed E-state index contributed by atoms with van der Waals surface area (Å²) in [5, 5.41) is 24.1. The molecule has 342 valence electrons. The van der Waals surface area contributed by atoms with Gasteiger partial charge in [-0.1, -0.05) is 57.7 Å². The third-order valence-electron chi connectivity index (χ3n) is 9.91. The van der Waals surface area contributed by atoms with Gasteiger partial charge in [0.05, 0.1) is 28.2 Å². The van der Waals surface area contributed by atoms with Crippen molar-refractivity contribution < 1.29 is 48.1 Å². The summed E-state index contributed by atoms with van der Waals surface area (Å²) in [5.74, 6) is -1.55. The lowest BCUT2D eigenvalue weighted by atomic mass is 9.85. The highest BCUT2D eigenvalue weighted by molar-refractivity contribution is 7.13. The zero-order valence-corrected chi connectivity index (χ0v) is 38.4.